The Balaban J connectivity index is 2.11. The van der Waals surface area contributed by atoms with E-state index in [9.17, 15) is 14.4 Å². The van der Waals surface area contributed by atoms with Crippen LogP contribution in [0.4, 0.5) is 0 Å². The zero-order valence-corrected chi connectivity index (χ0v) is 19.7. The van der Waals surface area contributed by atoms with Crippen LogP contribution in [0.3, 0.4) is 0 Å². The van der Waals surface area contributed by atoms with Crippen LogP contribution in [0.1, 0.15) is 67.2 Å². The maximum atomic E-state index is 13.5. The zero-order valence-electron chi connectivity index (χ0n) is 19.7. The SMILES string of the molecule is CCOC(=O)C1(C)CCN(C(=O)[C@H](CC(C)C)N2CCN[C@@H](CC(C)C)C2=O)CC1. The number of piperazine rings is 1. The largest absolute Gasteiger partial charge is 0.466 e. The lowest BCUT2D eigenvalue weighted by Crippen LogP contribution is -2.62. The summed E-state index contributed by atoms with van der Waals surface area (Å²) in [4.78, 5) is 42.6. The fraction of sp³-hybridized carbons (Fsp3) is 0.870. The first-order valence-corrected chi connectivity index (χ1v) is 11.6. The Bertz CT molecular complexity index is 612. The standard InChI is InChI=1S/C23H41N3O4/c1-7-30-22(29)23(6)8-11-25(12-9-23)21(28)19(15-17(4)5)26-13-10-24-18(20(26)27)14-16(2)3/h16-19,24H,7-15H2,1-6H3/t18-,19-/m0/s1. The van der Waals surface area contributed by atoms with Crippen molar-refractivity contribution in [2.24, 2.45) is 17.3 Å². The zero-order chi connectivity index (χ0) is 22.5. The Hall–Kier alpha value is -1.63. The lowest BCUT2D eigenvalue weighted by atomic mass is 9.80. The highest BCUT2D eigenvalue weighted by Gasteiger charge is 2.43. The van der Waals surface area contributed by atoms with Gasteiger partial charge in [0.25, 0.3) is 0 Å². The van der Waals surface area contributed by atoms with Crippen LogP contribution in [0.25, 0.3) is 0 Å². The van der Waals surface area contributed by atoms with Crippen molar-refractivity contribution < 1.29 is 19.1 Å². The minimum atomic E-state index is -0.534. The number of nitrogens with one attached hydrogen (secondary N) is 1. The second-order valence-corrected chi connectivity index (χ2v) is 9.92. The van der Waals surface area contributed by atoms with Gasteiger partial charge in [0, 0.05) is 26.2 Å². The van der Waals surface area contributed by atoms with Gasteiger partial charge in [0.2, 0.25) is 11.8 Å². The van der Waals surface area contributed by atoms with E-state index in [-0.39, 0.29) is 23.8 Å². The first-order chi connectivity index (χ1) is 14.1. The van der Waals surface area contributed by atoms with Gasteiger partial charge in [0.15, 0.2) is 0 Å². The Morgan fingerprint density at radius 3 is 2.30 bits per heavy atom. The number of carbonyl (C=O) groups is 3. The predicted molar refractivity (Wildman–Crippen MR) is 117 cm³/mol. The molecule has 2 aliphatic rings. The van der Waals surface area contributed by atoms with Crippen LogP contribution in [0.2, 0.25) is 0 Å². The summed E-state index contributed by atoms with van der Waals surface area (Å²) in [7, 11) is 0. The maximum absolute atomic E-state index is 13.5. The van der Waals surface area contributed by atoms with Gasteiger partial charge in [-0.2, -0.15) is 0 Å². The van der Waals surface area contributed by atoms with E-state index in [0.717, 1.165) is 6.42 Å². The van der Waals surface area contributed by atoms with Gasteiger partial charge in [-0.25, -0.2) is 0 Å². The van der Waals surface area contributed by atoms with Gasteiger partial charge >= 0.3 is 5.97 Å². The van der Waals surface area contributed by atoms with E-state index in [4.69, 9.17) is 4.74 Å². The fourth-order valence-corrected chi connectivity index (χ4v) is 4.47. The van der Waals surface area contributed by atoms with Crippen molar-refractivity contribution in [1.82, 2.24) is 15.1 Å². The van der Waals surface area contributed by atoms with Crippen molar-refractivity contribution in [3.63, 3.8) is 0 Å². The molecule has 2 heterocycles. The van der Waals surface area contributed by atoms with Gasteiger partial charge < -0.3 is 19.9 Å². The summed E-state index contributed by atoms with van der Waals surface area (Å²) in [5.74, 6) is 0.605. The molecular formula is C23H41N3O4. The number of hydrogen-bond donors (Lipinski definition) is 1. The molecule has 2 atom stereocenters. The third-order valence-corrected chi connectivity index (χ3v) is 6.33. The molecule has 0 aromatic heterocycles. The third kappa shape index (κ3) is 5.96. The molecule has 2 rings (SSSR count). The van der Waals surface area contributed by atoms with Crippen molar-refractivity contribution in [3.8, 4) is 0 Å². The van der Waals surface area contributed by atoms with E-state index in [0.29, 0.717) is 63.9 Å². The highest BCUT2D eigenvalue weighted by atomic mass is 16.5. The summed E-state index contributed by atoms with van der Waals surface area (Å²) in [6.45, 7) is 14.8. The van der Waals surface area contributed by atoms with Crippen LogP contribution >= 0.6 is 0 Å². The molecule has 7 nitrogen and oxygen atoms in total. The molecule has 0 unspecified atom stereocenters. The van der Waals surface area contributed by atoms with Crippen molar-refractivity contribution in [2.75, 3.05) is 32.8 Å². The number of nitrogens with zero attached hydrogens (tertiary/aromatic N) is 2. The number of likely N-dealkylation sites (tertiary alicyclic amines) is 1. The first-order valence-electron chi connectivity index (χ1n) is 11.6. The van der Waals surface area contributed by atoms with E-state index < -0.39 is 11.5 Å². The highest BCUT2D eigenvalue weighted by molar-refractivity contribution is 5.90. The number of rotatable bonds is 8. The van der Waals surface area contributed by atoms with Crippen LogP contribution in [0.5, 0.6) is 0 Å². The summed E-state index contributed by atoms with van der Waals surface area (Å²) >= 11 is 0. The Morgan fingerprint density at radius 2 is 1.77 bits per heavy atom. The molecule has 0 radical (unpaired) electrons. The lowest BCUT2D eigenvalue weighted by molar-refractivity contribution is -0.160. The summed E-state index contributed by atoms with van der Waals surface area (Å²) in [6.07, 6.45) is 2.62. The molecule has 2 aliphatic heterocycles. The molecule has 1 N–H and O–H groups in total. The second kappa shape index (κ2) is 10.6. The smallest absolute Gasteiger partial charge is 0.311 e. The molecule has 0 aromatic carbocycles. The van der Waals surface area contributed by atoms with Crippen LogP contribution in [-0.4, -0.2) is 72.5 Å². The number of hydrogen-bond acceptors (Lipinski definition) is 5. The average Bonchev–Trinajstić information content (AvgIpc) is 2.68. The van der Waals surface area contributed by atoms with E-state index >= 15 is 0 Å². The molecule has 0 bridgehead atoms. The number of amides is 2. The van der Waals surface area contributed by atoms with Gasteiger partial charge in [0.05, 0.1) is 18.1 Å². The second-order valence-electron chi connectivity index (χ2n) is 9.92. The monoisotopic (exact) mass is 423 g/mol. The molecule has 0 aliphatic carbocycles. The Kier molecular flexibility index (Phi) is 8.71. The van der Waals surface area contributed by atoms with Crippen LogP contribution < -0.4 is 5.32 Å². The van der Waals surface area contributed by atoms with E-state index in [2.05, 4.69) is 33.0 Å². The minimum absolute atomic E-state index is 0.0214. The number of ether oxygens (including phenoxy) is 1. The molecule has 0 aromatic rings. The molecular weight excluding hydrogens is 382 g/mol. The molecule has 0 saturated carbocycles. The van der Waals surface area contributed by atoms with E-state index in [1.54, 1.807) is 0 Å². The normalized spacial score (nSPS) is 23.1. The van der Waals surface area contributed by atoms with Gasteiger partial charge in [-0.05, 0) is 51.4 Å². The fourth-order valence-electron chi connectivity index (χ4n) is 4.47. The number of piperidine rings is 1. The Morgan fingerprint density at radius 1 is 1.13 bits per heavy atom. The predicted octanol–water partition coefficient (Wildman–Crippen LogP) is 2.44. The summed E-state index contributed by atoms with van der Waals surface area (Å²) in [6, 6.07) is -0.643. The van der Waals surface area contributed by atoms with Gasteiger partial charge in [0.1, 0.15) is 6.04 Å². The molecule has 172 valence electrons. The van der Waals surface area contributed by atoms with Crippen molar-refractivity contribution in [3.05, 3.63) is 0 Å². The minimum Gasteiger partial charge on any atom is -0.466 e. The molecule has 2 fully saturated rings. The highest BCUT2D eigenvalue weighted by Crippen LogP contribution is 2.33. The summed E-state index contributed by atoms with van der Waals surface area (Å²) < 4.78 is 5.23. The van der Waals surface area contributed by atoms with Crippen molar-refractivity contribution in [2.45, 2.75) is 79.3 Å². The van der Waals surface area contributed by atoms with Gasteiger partial charge in [-0.15, -0.1) is 0 Å². The first kappa shape index (κ1) is 24.6. The third-order valence-electron chi connectivity index (χ3n) is 6.33. The van der Waals surface area contributed by atoms with E-state index in [1.807, 2.05) is 23.6 Å². The number of carbonyl (C=O) groups excluding carboxylic acids is 3. The topological polar surface area (TPSA) is 79.0 Å². The van der Waals surface area contributed by atoms with Crippen molar-refractivity contribution in [1.29, 1.82) is 0 Å². The van der Waals surface area contributed by atoms with Crippen molar-refractivity contribution >= 4 is 17.8 Å². The van der Waals surface area contributed by atoms with Crippen LogP contribution in [-0.2, 0) is 19.1 Å². The molecule has 7 heteroatoms. The molecule has 2 amide bonds. The lowest BCUT2D eigenvalue weighted by Gasteiger charge is -2.43. The summed E-state index contributed by atoms with van der Waals surface area (Å²) in [5, 5.41) is 3.32. The van der Waals surface area contributed by atoms with Crippen LogP contribution in [0, 0.1) is 17.3 Å². The molecule has 30 heavy (non-hydrogen) atoms. The maximum Gasteiger partial charge on any atom is 0.311 e. The molecule has 0 spiro atoms. The quantitative estimate of drug-likeness (QED) is 0.607. The summed E-state index contributed by atoms with van der Waals surface area (Å²) in [5.41, 5.74) is -0.534. The molecule has 2 saturated heterocycles. The Labute approximate surface area is 181 Å². The van der Waals surface area contributed by atoms with Gasteiger partial charge in [-0.1, -0.05) is 27.7 Å². The number of esters is 1. The average molecular weight is 424 g/mol. The van der Waals surface area contributed by atoms with Gasteiger partial charge in [-0.3, -0.25) is 14.4 Å². The van der Waals surface area contributed by atoms with E-state index in [1.165, 1.54) is 0 Å². The van der Waals surface area contributed by atoms with Crippen LogP contribution in [0.15, 0.2) is 0 Å².